The van der Waals surface area contributed by atoms with Crippen LogP contribution in [0.15, 0.2) is 12.1 Å². The Balaban J connectivity index is 2.98. The van der Waals surface area contributed by atoms with Gasteiger partial charge in [-0.2, -0.15) is 0 Å². The van der Waals surface area contributed by atoms with Gasteiger partial charge < -0.3 is 9.53 Å². The van der Waals surface area contributed by atoms with Gasteiger partial charge in [0.1, 0.15) is 12.0 Å². The van der Waals surface area contributed by atoms with Gasteiger partial charge in [-0.1, -0.05) is 0 Å². The van der Waals surface area contributed by atoms with Crippen molar-refractivity contribution in [3.8, 4) is 5.75 Å². The van der Waals surface area contributed by atoms with Crippen LogP contribution in [0.2, 0.25) is 0 Å². The van der Waals surface area contributed by atoms with Crippen LogP contribution in [0.25, 0.3) is 0 Å². The summed E-state index contributed by atoms with van der Waals surface area (Å²) >= 11 is 0. The summed E-state index contributed by atoms with van der Waals surface area (Å²) in [5, 5.41) is 0. The lowest BCUT2D eigenvalue weighted by Crippen LogP contribution is -1.96. The minimum Gasteiger partial charge on any atom is -0.497 e. The van der Waals surface area contributed by atoms with Crippen LogP contribution < -0.4 is 4.74 Å². The van der Waals surface area contributed by atoms with E-state index >= 15 is 0 Å². The SMILES string of the molecule is COc1cc(C)c(CCC=O)c(C)c1. The molecule has 0 aliphatic carbocycles. The molecule has 0 aliphatic heterocycles. The zero-order valence-corrected chi connectivity index (χ0v) is 8.96. The number of methoxy groups -OCH3 is 1. The van der Waals surface area contributed by atoms with Crippen molar-refractivity contribution in [2.75, 3.05) is 7.11 Å². The Kier molecular flexibility index (Phi) is 3.69. The summed E-state index contributed by atoms with van der Waals surface area (Å²) in [6, 6.07) is 4.01. The Morgan fingerprint density at radius 3 is 2.29 bits per heavy atom. The van der Waals surface area contributed by atoms with Crippen LogP contribution in [-0.2, 0) is 11.2 Å². The molecule has 0 fully saturated rings. The average Bonchev–Trinajstić information content (AvgIpc) is 2.16. The average molecular weight is 192 g/mol. The zero-order chi connectivity index (χ0) is 10.6. The number of hydrogen-bond donors (Lipinski definition) is 0. The third-order valence-electron chi connectivity index (χ3n) is 2.42. The van der Waals surface area contributed by atoms with E-state index in [0.29, 0.717) is 6.42 Å². The fourth-order valence-electron chi connectivity index (χ4n) is 1.67. The standard InChI is InChI=1S/C12H16O2/c1-9-7-11(14-3)8-10(2)12(9)5-4-6-13/h6-8H,4-5H2,1-3H3. The van der Waals surface area contributed by atoms with E-state index in [1.165, 1.54) is 16.7 Å². The lowest BCUT2D eigenvalue weighted by molar-refractivity contribution is -0.107. The van der Waals surface area contributed by atoms with Gasteiger partial charge in [0, 0.05) is 6.42 Å². The molecule has 0 bridgehead atoms. The molecule has 0 heterocycles. The number of carbonyl (C=O) groups excluding carboxylic acids is 1. The molecule has 1 aromatic carbocycles. The first-order valence-corrected chi connectivity index (χ1v) is 4.76. The molecule has 14 heavy (non-hydrogen) atoms. The first-order valence-electron chi connectivity index (χ1n) is 4.76. The molecule has 0 aliphatic rings. The summed E-state index contributed by atoms with van der Waals surface area (Å²) in [7, 11) is 1.67. The molecule has 0 saturated heterocycles. The molecule has 0 unspecified atom stereocenters. The van der Waals surface area contributed by atoms with Gasteiger partial charge in [-0.05, 0) is 49.1 Å². The number of carbonyl (C=O) groups is 1. The molecule has 2 nitrogen and oxygen atoms in total. The molecule has 0 radical (unpaired) electrons. The first kappa shape index (κ1) is 10.8. The highest BCUT2D eigenvalue weighted by molar-refractivity contribution is 5.51. The molecule has 76 valence electrons. The number of aldehydes is 1. The zero-order valence-electron chi connectivity index (χ0n) is 8.96. The van der Waals surface area contributed by atoms with Gasteiger partial charge in [0.25, 0.3) is 0 Å². The van der Waals surface area contributed by atoms with Crippen molar-refractivity contribution >= 4 is 6.29 Å². The second kappa shape index (κ2) is 4.80. The quantitative estimate of drug-likeness (QED) is 0.685. The predicted octanol–water partition coefficient (Wildman–Crippen LogP) is 2.44. The third-order valence-corrected chi connectivity index (χ3v) is 2.42. The van der Waals surface area contributed by atoms with E-state index in [2.05, 4.69) is 13.8 Å². The molecule has 0 spiro atoms. The summed E-state index contributed by atoms with van der Waals surface area (Å²) in [4.78, 5) is 10.3. The second-order valence-electron chi connectivity index (χ2n) is 3.45. The van der Waals surface area contributed by atoms with Crippen LogP contribution in [0.4, 0.5) is 0 Å². The fraction of sp³-hybridized carbons (Fsp3) is 0.417. The van der Waals surface area contributed by atoms with E-state index in [4.69, 9.17) is 4.74 Å². The first-order chi connectivity index (χ1) is 6.69. The molecule has 1 rings (SSSR count). The molecule has 0 saturated carbocycles. The fourth-order valence-corrected chi connectivity index (χ4v) is 1.67. The highest BCUT2D eigenvalue weighted by Gasteiger charge is 2.04. The van der Waals surface area contributed by atoms with Gasteiger partial charge in [0.2, 0.25) is 0 Å². The molecular formula is C12H16O2. The summed E-state index contributed by atoms with van der Waals surface area (Å²) in [6.07, 6.45) is 2.38. The van der Waals surface area contributed by atoms with Crippen molar-refractivity contribution in [3.05, 3.63) is 28.8 Å². The summed E-state index contributed by atoms with van der Waals surface area (Å²) in [5.41, 5.74) is 3.66. The normalized spacial score (nSPS) is 9.93. The maximum Gasteiger partial charge on any atom is 0.120 e. The molecule has 0 N–H and O–H groups in total. The van der Waals surface area contributed by atoms with Crippen LogP contribution in [0.1, 0.15) is 23.1 Å². The van der Waals surface area contributed by atoms with Crippen molar-refractivity contribution in [1.82, 2.24) is 0 Å². The van der Waals surface area contributed by atoms with Crippen molar-refractivity contribution in [2.45, 2.75) is 26.7 Å². The summed E-state index contributed by atoms with van der Waals surface area (Å²) in [5.74, 6) is 0.884. The van der Waals surface area contributed by atoms with Crippen molar-refractivity contribution in [1.29, 1.82) is 0 Å². The molecule has 0 amide bonds. The van der Waals surface area contributed by atoms with Gasteiger partial charge in [-0.25, -0.2) is 0 Å². The van der Waals surface area contributed by atoms with Crippen LogP contribution >= 0.6 is 0 Å². The Morgan fingerprint density at radius 2 is 1.86 bits per heavy atom. The maximum absolute atomic E-state index is 10.3. The lowest BCUT2D eigenvalue weighted by Gasteiger charge is -2.10. The van der Waals surface area contributed by atoms with E-state index in [-0.39, 0.29) is 0 Å². The van der Waals surface area contributed by atoms with E-state index in [1.807, 2.05) is 12.1 Å². The minimum atomic E-state index is 0.591. The largest absolute Gasteiger partial charge is 0.497 e. The second-order valence-corrected chi connectivity index (χ2v) is 3.45. The molecular weight excluding hydrogens is 176 g/mol. The number of benzene rings is 1. The van der Waals surface area contributed by atoms with Crippen LogP contribution in [-0.4, -0.2) is 13.4 Å². The number of rotatable bonds is 4. The Labute approximate surface area is 84.9 Å². The van der Waals surface area contributed by atoms with Crippen molar-refractivity contribution in [2.24, 2.45) is 0 Å². The molecule has 0 atom stereocenters. The highest BCUT2D eigenvalue weighted by atomic mass is 16.5. The predicted molar refractivity (Wildman–Crippen MR) is 56.9 cm³/mol. The van der Waals surface area contributed by atoms with Gasteiger partial charge in [0.15, 0.2) is 0 Å². The van der Waals surface area contributed by atoms with Gasteiger partial charge in [0.05, 0.1) is 7.11 Å². The summed E-state index contributed by atoms with van der Waals surface area (Å²) < 4.78 is 5.17. The number of aryl methyl sites for hydroxylation is 2. The van der Waals surface area contributed by atoms with E-state index in [0.717, 1.165) is 18.5 Å². The number of ether oxygens (including phenoxy) is 1. The van der Waals surface area contributed by atoms with E-state index in [1.54, 1.807) is 7.11 Å². The lowest BCUT2D eigenvalue weighted by atomic mass is 9.98. The monoisotopic (exact) mass is 192 g/mol. The summed E-state index contributed by atoms with van der Waals surface area (Å²) in [6.45, 7) is 4.10. The minimum absolute atomic E-state index is 0.591. The van der Waals surface area contributed by atoms with Crippen LogP contribution in [0.3, 0.4) is 0 Å². The molecule has 1 aromatic rings. The highest BCUT2D eigenvalue weighted by Crippen LogP contribution is 2.22. The Morgan fingerprint density at radius 1 is 1.29 bits per heavy atom. The molecule has 2 heteroatoms. The van der Waals surface area contributed by atoms with E-state index < -0.39 is 0 Å². The topological polar surface area (TPSA) is 26.3 Å². The van der Waals surface area contributed by atoms with Crippen molar-refractivity contribution in [3.63, 3.8) is 0 Å². The maximum atomic E-state index is 10.3. The Hall–Kier alpha value is -1.31. The molecule has 0 aromatic heterocycles. The van der Waals surface area contributed by atoms with Gasteiger partial charge >= 0.3 is 0 Å². The van der Waals surface area contributed by atoms with Crippen molar-refractivity contribution < 1.29 is 9.53 Å². The third kappa shape index (κ3) is 2.34. The smallest absolute Gasteiger partial charge is 0.120 e. The van der Waals surface area contributed by atoms with Gasteiger partial charge in [-0.15, -0.1) is 0 Å². The van der Waals surface area contributed by atoms with Crippen LogP contribution in [0.5, 0.6) is 5.75 Å². The Bertz CT molecular complexity index is 306. The number of hydrogen-bond acceptors (Lipinski definition) is 2. The van der Waals surface area contributed by atoms with Gasteiger partial charge in [-0.3, -0.25) is 0 Å². The van der Waals surface area contributed by atoms with Crippen LogP contribution in [0, 0.1) is 13.8 Å². The van der Waals surface area contributed by atoms with E-state index in [9.17, 15) is 4.79 Å².